The van der Waals surface area contributed by atoms with Crippen molar-refractivity contribution in [3.8, 4) is 0 Å². The number of hydrogen-bond acceptors (Lipinski definition) is 1. The molecule has 2 rings (SSSR count). The molecule has 15 heavy (non-hydrogen) atoms. The summed E-state index contributed by atoms with van der Waals surface area (Å²) in [5.74, 6) is 0. The monoisotopic (exact) mass is 230 g/mol. The zero-order valence-electron chi connectivity index (χ0n) is 9.33. The van der Waals surface area contributed by atoms with E-state index < -0.39 is 0 Å². The van der Waals surface area contributed by atoms with Gasteiger partial charge in [-0.15, -0.1) is 11.6 Å². The molecule has 0 spiro atoms. The molecule has 0 N–H and O–H groups in total. The summed E-state index contributed by atoms with van der Waals surface area (Å²) >= 11 is 6.44. The van der Waals surface area contributed by atoms with E-state index in [9.17, 15) is 5.11 Å². The van der Waals surface area contributed by atoms with E-state index in [1.807, 2.05) is 0 Å². The first-order valence-corrected chi connectivity index (χ1v) is 6.75. The van der Waals surface area contributed by atoms with Gasteiger partial charge in [0.1, 0.15) is 0 Å². The largest absolute Gasteiger partial charge is 0.299 e. The topological polar surface area (TPSA) is 23.1 Å². The maximum Gasteiger partial charge on any atom is 0.0954 e. The normalized spacial score (nSPS) is 36.4. The summed E-state index contributed by atoms with van der Waals surface area (Å²) in [5, 5.41) is 11.6. The highest BCUT2D eigenvalue weighted by atomic mass is 35.5. The highest BCUT2D eigenvalue weighted by Crippen LogP contribution is 2.28. The Morgan fingerprint density at radius 2 is 1.60 bits per heavy atom. The highest BCUT2D eigenvalue weighted by Gasteiger charge is 2.30. The molecule has 2 fully saturated rings. The average Bonchev–Trinajstić information content (AvgIpc) is 2.44. The van der Waals surface area contributed by atoms with Crippen molar-refractivity contribution in [3.05, 3.63) is 0 Å². The molecule has 2 nitrogen and oxygen atoms in total. The van der Waals surface area contributed by atoms with Gasteiger partial charge in [0.15, 0.2) is 0 Å². The van der Waals surface area contributed by atoms with Crippen LogP contribution in [0.5, 0.6) is 0 Å². The van der Waals surface area contributed by atoms with Crippen LogP contribution in [0.2, 0.25) is 0 Å². The maximum absolute atomic E-state index is 11.3. The third kappa shape index (κ3) is 3.08. The van der Waals surface area contributed by atoms with Gasteiger partial charge in [-0.2, -0.15) is 0 Å². The van der Waals surface area contributed by atoms with Crippen LogP contribution in [0.4, 0.5) is 0 Å². The van der Waals surface area contributed by atoms with Crippen molar-refractivity contribution in [2.45, 2.75) is 62.5 Å². The van der Waals surface area contributed by atoms with Gasteiger partial charge in [-0.3, -0.25) is 4.90 Å². The number of piperidine rings is 1. The number of alkyl halides is 1. The minimum Gasteiger partial charge on any atom is -0.299 e. The van der Waals surface area contributed by atoms with Gasteiger partial charge >= 0.3 is 0 Å². The van der Waals surface area contributed by atoms with Crippen molar-refractivity contribution in [1.29, 1.82) is 0 Å². The van der Waals surface area contributed by atoms with Gasteiger partial charge in [-0.25, -0.2) is 5.11 Å². The Morgan fingerprint density at radius 3 is 2.33 bits per heavy atom. The molecule has 1 aliphatic carbocycles. The zero-order chi connectivity index (χ0) is 10.7. The van der Waals surface area contributed by atoms with Gasteiger partial charge in [-0.1, -0.05) is 19.3 Å². The molecule has 0 aromatic heterocycles. The second-order valence-corrected chi connectivity index (χ2v) is 5.52. The van der Waals surface area contributed by atoms with E-state index in [1.165, 1.54) is 25.7 Å². The molecule has 0 bridgehead atoms. The van der Waals surface area contributed by atoms with Crippen LogP contribution < -0.4 is 0 Å². The van der Waals surface area contributed by atoms with Crippen molar-refractivity contribution in [2.24, 2.45) is 0 Å². The molecule has 0 aromatic rings. The lowest BCUT2D eigenvalue weighted by Crippen LogP contribution is -2.46. The van der Waals surface area contributed by atoms with Crippen LogP contribution in [0.25, 0.3) is 0 Å². The Bertz CT molecular complexity index is 192. The van der Waals surface area contributed by atoms with Crippen LogP contribution in [-0.4, -0.2) is 35.5 Å². The SMILES string of the molecule is [O]C1CCN(C2CCCCCC2Cl)CC1. The van der Waals surface area contributed by atoms with E-state index in [4.69, 9.17) is 11.6 Å². The Balaban J connectivity index is 1.89. The Kier molecular flexibility index (Phi) is 4.30. The third-order valence-corrected chi connectivity index (χ3v) is 4.35. The molecule has 0 amide bonds. The fourth-order valence-corrected chi connectivity index (χ4v) is 3.30. The molecule has 2 atom stereocenters. The van der Waals surface area contributed by atoms with Crippen LogP contribution in [0.1, 0.15) is 44.9 Å². The van der Waals surface area contributed by atoms with Gasteiger partial charge in [0.25, 0.3) is 0 Å². The fraction of sp³-hybridized carbons (Fsp3) is 1.00. The van der Waals surface area contributed by atoms with Crippen molar-refractivity contribution in [2.75, 3.05) is 13.1 Å². The number of halogens is 1. The summed E-state index contributed by atoms with van der Waals surface area (Å²) in [7, 11) is 0. The molecule has 2 unspecified atom stereocenters. The van der Waals surface area contributed by atoms with Gasteiger partial charge in [-0.05, 0) is 25.7 Å². The standard InChI is InChI=1S/C12H21ClNO/c13-11-4-2-1-3-5-12(11)14-8-6-10(15)7-9-14/h10-12H,1-9H2. The first-order valence-electron chi connectivity index (χ1n) is 6.31. The smallest absolute Gasteiger partial charge is 0.0954 e. The second kappa shape index (κ2) is 5.51. The summed E-state index contributed by atoms with van der Waals surface area (Å²) in [5.41, 5.74) is 0. The number of hydrogen-bond donors (Lipinski definition) is 0. The van der Waals surface area contributed by atoms with Gasteiger partial charge in [0.05, 0.1) is 6.10 Å². The lowest BCUT2D eigenvalue weighted by molar-refractivity contribution is 0.0134. The van der Waals surface area contributed by atoms with Gasteiger partial charge < -0.3 is 0 Å². The lowest BCUT2D eigenvalue weighted by Gasteiger charge is -2.37. The summed E-state index contributed by atoms with van der Waals surface area (Å²) in [4.78, 5) is 2.47. The first kappa shape index (κ1) is 11.7. The van der Waals surface area contributed by atoms with Gasteiger partial charge in [0, 0.05) is 24.5 Å². The summed E-state index contributed by atoms with van der Waals surface area (Å²) in [6.45, 7) is 1.95. The molecule has 3 heteroatoms. The van der Waals surface area contributed by atoms with Crippen LogP contribution in [-0.2, 0) is 5.11 Å². The third-order valence-electron chi connectivity index (χ3n) is 3.84. The van der Waals surface area contributed by atoms with Crippen LogP contribution in [0, 0.1) is 0 Å². The molecule has 1 saturated carbocycles. The average molecular weight is 231 g/mol. The Morgan fingerprint density at radius 1 is 0.933 bits per heavy atom. The molecular weight excluding hydrogens is 210 g/mol. The van der Waals surface area contributed by atoms with Crippen LogP contribution in [0.15, 0.2) is 0 Å². The van der Waals surface area contributed by atoms with E-state index in [0.29, 0.717) is 11.4 Å². The fourth-order valence-electron chi connectivity index (χ4n) is 2.86. The zero-order valence-corrected chi connectivity index (χ0v) is 10.1. The van der Waals surface area contributed by atoms with Gasteiger partial charge in [0.2, 0.25) is 0 Å². The number of likely N-dealkylation sites (tertiary alicyclic amines) is 1. The van der Waals surface area contributed by atoms with E-state index in [2.05, 4.69) is 4.90 Å². The molecule has 1 saturated heterocycles. The summed E-state index contributed by atoms with van der Waals surface area (Å²) in [6.07, 6.45) is 7.63. The van der Waals surface area contributed by atoms with Crippen molar-refractivity contribution in [1.82, 2.24) is 4.90 Å². The van der Waals surface area contributed by atoms with E-state index >= 15 is 0 Å². The van der Waals surface area contributed by atoms with E-state index in [-0.39, 0.29) is 6.10 Å². The highest BCUT2D eigenvalue weighted by molar-refractivity contribution is 6.21. The molecule has 87 valence electrons. The molecule has 1 aliphatic heterocycles. The summed E-state index contributed by atoms with van der Waals surface area (Å²) in [6, 6.07) is 0.543. The summed E-state index contributed by atoms with van der Waals surface area (Å²) < 4.78 is 0. The predicted molar refractivity (Wildman–Crippen MR) is 61.8 cm³/mol. The quantitative estimate of drug-likeness (QED) is 0.502. The second-order valence-electron chi connectivity index (χ2n) is 4.96. The number of rotatable bonds is 1. The van der Waals surface area contributed by atoms with E-state index in [1.54, 1.807) is 0 Å². The minimum atomic E-state index is -0.319. The first-order chi connectivity index (χ1) is 7.27. The molecular formula is C12H21ClNO. The van der Waals surface area contributed by atoms with Crippen molar-refractivity contribution in [3.63, 3.8) is 0 Å². The maximum atomic E-state index is 11.3. The Labute approximate surface area is 97.6 Å². The molecule has 1 heterocycles. The van der Waals surface area contributed by atoms with Crippen molar-refractivity contribution >= 4 is 11.6 Å². The van der Waals surface area contributed by atoms with Crippen LogP contribution in [0.3, 0.4) is 0 Å². The Hall–Kier alpha value is 0.210. The van der Waals surface area contributed by atoms with Crippen LogP contribution >= 0.6 is 11.6 Å². The van der Waals surface area contributed by atoms with Crippen molar-refractivity contribution < 1.29 is 5.11 Å². The molecule has 0 aromatic carbocycles. The molecule has 2 aliphatic rings. The molecule has 1 radical (unpaired) electrons. The predicted octanol–water partition coefficient (Wildman–Crippen LogP) is 2.82. The minimum absolute atomic E-state index is 0.315. The lowest BCUT2D eigenvalue weighted by atomic mass is 10.0. The van der Waals surface area contributed by atoms with E-state index in [0.717, 1.165) is 32.4 Å². The number of nitrogens with zero attached hydrogens (tertiary/aromatic N) is 1.